The number of carbonyl (C=O) groups excluding carboxylic acids is 1. The summed E-state index contributed by atoms with van der Waals surface area (Å²) >= 11 is 0. The van der Waals surface area contributed by atoms with E-state index in [0.29, 0.717) is 5.69 Å². The van der Waals surface area contributed by atoms with E-state index in [0.717, 1.165) is 11.4 Å². The van der Waals surface area contributed by atoms with E-state index in [4.69, 9.17) is 9.84 Å². The third-order valence-corrected chi connectivity index (χ3v) is 3.47. The number of aliphatic carboxylic acids is 1. The third kappa shape index (κ3) is 4.98. The SMILES string of the molecule is C=CCOCC(NC(=O)Cc1nnn(-c2ccccc2)c1C)C(=O)O. The first-order valence-corrected chi connectivity index (χ1v) is 7.70. The number of aromatic nitrogens is 3. The molecular formula is C17H20N4O4. The molecule has 1 amide bonds. The Morgan fingerprint density at radius 2 is 2.12 bits per heavy atom. The fourth-order valence-corrected chi connectivity index (χ4v) is 2.18. The molecule has 2 aromatic rings. The summed E-state index contributed by atoms with van der Waals surface area (Å²) in [4.78, 5) is 23.3. The summed E-state index contributed by atoms with van der Waals surface area (Å²) in [5, 5.41) is 19.6. The smallest absolute Gasteiger partial charge is 0.328 e. The Bertz CT molecular complexity index is 742. The van der Waals surface area contributed by atoms with Gasteiger partial charge in [-0.1, -0.05) is 29.5 Å². The van der Waals surface area contributed by atoms with Crippen molar-refractivity contribution in [3.8, 4) is 5.69 Å². The van der Waals surface area contributed by atoms with Crippen molar-refractivity contribution in [3.63, 3.8) is 0 Å². The van der Waals surface area contributed by atoms with Crippen LogP contribution in [-0.4, -0.2) is 51.2 Å². The number of carbonyl (C=O) groups is 2. The Balaban J connectivity index is 2.01. The number of benzene rings is 1. The summed E-state index contributed by atoms with van der Waals surface area (Å²) < 4.78 is 6.73. The standard InChI is InChI=1S/C17H20N4O4/c1-3-9-25-11-15(17(23)24)18-16(22)10-14-12(2)21(20-19-14)13-7-5-4-6-8-13/h3-8,15H,1,9-11H2,2H3,(H,18,22)(H,23,24). The van der Waals surface area contributed by atoms with Gasteiger partial charge in [0.05, 0.1) is 36.7 Å². The first-order valence-electron chi connectivity index (χ1n) is 7.70. The van der Waals surface area contributed by atoms with Gasteiger partial charge in [0.25, 0.3) is 0 Å². The van der Waals surface area contributed by atoms with E-state index in [-0.39, 0.29) is 19.6 Å². The van der Waals surface area contributed by atoms with Gasteiger partial charge < -0.3 is 15.2 Å². The van der Waals surface area contributed by atoms with E-state index >= 15 is 0 Å². The molecule has 0 fully saturated rings. The first-order chi connectivity index (χ1) is 12.0. The number of amides is 1. The van der Waals surface area contributed by atoms with Crippen LogP contribution in [0.25, 0.3) is 5.69 Å². The van der Waals surface area contributed by atoms with Gasteiger partial charge in [-0.2, -0.15) is 0 Å². The second-order valence-corrected chi connectivity index (χ2v) is 5.33. The summed E-state index contributed by atoms with van der Waals surface area (Å²) in [7, 11) is 0. The molecule has 0 bridgehead atoms. The van der Waals surface area contributed by atoms with Gasteiger partial charge in [-0.25, -0.2) is 9.48 Å². The van der Waals surface area contributed by atoms with Gasteiger partial charge in [0.2, 0.25) is 5.91 Å². The van der Waals surface area contributed by atoms with Crippen LogP contribution in [0.15, 0.2) is 43.0 Å². The average Bonchev–Trinajstić information content (AvgIpc) is 2.95. The van der Waals surface area contributed by atoms with Crippen LogP contribution in [0.3, 0.4) is 0 Å². The zero-order valence-electron chi connectivity index (χ0n) is 13.9. The van der Waals surface area contributed by atoms with Gasteiger partial charge in [-0.3, -0.25) is 4.79 Å². The lowest BCUT2D eigenvalue weighted by atomic mass is 10.2. The molecule has 1 aromatic carbocycles. The highest BCUT2D eigenvalue weighted by Gasteiger charge is 2.21. The van der Waals surface area contributed by atoms with E-state index in [1.807, 2.05) is 30.3 Å². The molecule has 1 atom stereocenters. The first kappa shape index (κ1) is 18.3. The van der Waals surface area contributed by atoms with Gasteiger partial charge in [0.1, 0.15) is 0 Å². The van der Waals surface area contributed by atoms with E-state index < -0.39 is 17.9 Å². The fourth-order valence-electron chi connectivity index (χ4n) is 2.18. The van der Waals surface area contributed by atoms with Crippen LogP contribution < -0.4 is 5.32 Å². The minimum absolute atomic E-state index is 0.0656. The van der Waals surface area contributed by atoms with Crippen LogP contribution in [0.5, 0.6) is 0 Å². The zero-order valence-corrected chi connectivity index (χ0v) is 13.9. The van der Waals surface area contributed by atoms with Crippen molar-refractivity contribution in [2.45, 2.75) is 19.4 Å². The van der Waals surface area contributed by atoms with E-state index in [9.17, 15) is 9.59 Å². The average molecular weight is 344 g/mol. The topological polar surface area (TPSA) is 106 Å². The van der Waals surface area contributed by atoms with Crippen LogP contribution >= 0.6 is 0 Å². The Morgan fingerprint density at radius 1 is 1.40 bits per heavy atom. The quantitative estimate of drug-likeness (QED) is 0.517. The summed E-state index contributed by atoms with van der Waals surface area (Å²) in [5.74, 6) is -1.63. The van der Waals surface area contributed by atoms with Crippen LogP contribution in [0.4, 0.5) is 0 Å². The molecule has 0 aliphatic rings. The molecule has 25 heavy (non-hydrogen) atoms. The summed E-state index contributed by atoms with van der Waals surface area (Å²) in [5.41, 5.74) is 2.04. The molecule has 1 heterocycles. The highest BCUT2D eigenvalue weighted by atomic mass is 16.5. The molecule has 0 saturated carbocycles. The lowest BCUT2D eigenvalue weighted by Crippen LogP contribution is -2.44. The molecular weight excluding hydrogens is 324 g/mol. The fraction of sp³-hybridized carbons (Fsp3) is 0.294. The van der Waals surface area contributed by atoms with Crippen LogP contribution in [0.1, 0.15) is 11.4 Å². The van der Waals surface area contributed by atoms with Gasteiger partial charge >= 0.3 is 5.97 Å². The number of carboxylic acids is 1. The van der Waals surface area contributed by atoms with Gasteiger partial charge in [0.15, 0.2) is 6.04 Å². The Hall–Kier alpha value is -3.00. The van der Waals surface area contributed by atoms with Crippen LogP contribution in [0.2, 0.25) is 0 Å². The minimum Gasteiger partial charge on any atom is -0.480 e. The van der Waals surface area contributed by atoms with E-state index in [2.05, 4.69) is 22.2 Å². The summed E-state index contributed by atoms with van der Waals surface area (Å²) in [6, 6.07) is 8.28. The number of nitrogens with one attached hydrogen (secondary N) is 1. The number of hydrogen-bond donors (Lipinski definition) is 2. The van der Waals surface area contributed by atoms with Crippen molar-refractivity contribution in [2.24, 2.45) is 0 Å². The van der Waals surface area contributed by atoms with Crippen molar-refractivity contribution >= 4 is 11.9 Å². The molecule has 0 aliphatic heterocycles. The van der Waals surface area contributed by atoms with Crippen molar-refractivity contribution < 1.29 is 19.4 Å². The molecule has 2 rings (SSSR count). The van der Waals surface area contributed by atoms with E-state index in [1.54, 1.807) is 11.6 Å². The highest BCUT2D eigenvalue weighted by molar-refractivity contribution is 5.84. The minimum atomic E-state index is -1.16. The number of carboxylic acid groups (broad SMARTS) is 1. The second-order valence-electron chi connectivity index (χ2n) is 5.33. The molecule has 8 nitrogen and oxygen atoms in total. The molecule has 8 heteroatoms. The van der Waals surface area contributed by atoms with Crippen molar-refractivity contribution in [1.29, 1.82) is 0 Å². The normalized spacial score (nSPS) is 11.7. The van der Waals surface area contributed by atoms with Crippen LogP contribution in [-0.2, 0) is 20.7 Å². The van der Waals surface area contributed by atoms with Crippen LogP contribution in [0, 0.1) is 6.92 Å². The molecule has 0 saturated heterocycles. The van der Waals surface area contributed by atoms with E-state index in [1.165, 1.54) is 6.08 Å². The molecule has 132 valence electrons. The monoisotopic (exact) mass is 344 g/mol. The molecule has 2 N–H and O–H groups in total. The largest absolute Gasteiger partial charge is 0.480 e. The predicted molar refractivity (Wildman–Crippen MR) is 90.4 cm³/mol. The van der Waals surface area contributed by atoms with Gasteiger partial charge in [0, 0.05) is 0 Å². The highest BCUT2D eigenvalue weighted by Crippen LogP contribution is 2.12. The third-order valence-electron chi connectivity index (χ3n) is 3.47. The Labute approximate surface area is 145 Å². The second kappa shape index (κ2) is 8.74. The lowest BCUT2D eigenvalue weighted by molar-refractivity contribution is -0.143. The van der Waals surface area contributed by atoms with Crippen molar-refractivity contribution in [1.82, 2.24) is 20.3 Å². The maximum Gasteiger partial charge on any atom is 0.328 e. The van der Waals surface area contributed by atoms with Gasteiger partial charge in [-0.05, 0) is 19.1 Å². The number of rotatable bonds is 9. The van der Waals surface area contributed by atoms with Crippen molar-refractivity contribution in [2.75, 3.05) is 13.2 Å². The van der Waals surface area contributed by atoms with Gasteiger partial charge in [-0.15, -0.1) is 11.7 Å². The number of nitrogens with zero attached hydrogens (tertiary/aromatic N) is 3. The molecule has 1 unspecified atom stereocenters. The van der Waals surface area contributed by atoms with Crippen molar-refractivity contribution in [3.05, 3.63) is 54.4 Å². The molecule has 0 radical (unpaired) electrons. The molecule has 0 spiro atoms. The summed E-state index contributed by atoms with van der Waals surface area (Å²) in [6.45, 7) is 5.36. The number of para-hydroxylation sites is 1. The number of ether oxygens (including phenoxy) is 1. The Kier molecular flexibility index (Phi) is 6.41. The lowest BCUT2D eigenvalue weighted by Gasteiger charge is -2.14. The molecule has 1 aromatic heterocycles. The number of hydrogen-bond acceptors (Lipinski definition) is 5. The maximum absolute atomic E-state index is 12.1. The Morgan fingerprint density at radius 3 is 2.76 bits per heavy atom. The summed E-state index contributed by atoms with van der Waals surface area (Å²) in [6.07, 6.45) is 1.44. The zero-order chi connectivity index (χ0) is 18.2. The molecule has 0 aliphatic carbocycles. The maximum atomic E-state index is 12.1. The predicted octanol–water partition coefficient (Wildman–Crippen LogP) is 0.890.